The summed E-state index contributed by atoms with van der Waals surface area (Å²) >= 11 is 1.13. The van der Waals surface area contributed by atoms with Crippen molar-refractivity contribution in [2.24, 2.45) is 0 Å². The van der Waals surface area contributed by atoms with Crippen LogP contribution in [0, 0.1) is 0 Å². The highest BCUT2D eigenvalue weighted by molar-refractivity contribution is 7.91. The van der Waals surface area contributed by atoms with Crippen LogP contribution >= 0.6 is 11.3 Å². The van der Waals surface area contributed by atoms with Crippen molar-refractivity contribution in [3.8, 4) is 0 Å². The number of nitrogens with one attached hydrogen (secondary N) is 2. The van der Waals surface area contributed by atoms with Gasteiger partial charge in [0.1, 0.15) is 4.21 Å². The SMILES string of the molecule is O=S(=O)(NCc1nn[nH]n1)c1ccc(CCO)s1. The highest BCUT2D eigenvalue weighted by Gasteiger charge is 2.17. The second kappa shape index (κ2) is 5.52. The van der Waals surface area contributed by atoms with Gasteiger partial charge in [0.2, 0.25) is 10.0 Å². The fourth-order valence-corrected chi connectivity index (χ4v) is 3.60. The number of thiophene rings is 1. The van der Waals surface area contributed by atoms with Crippen molar-refractivity contribution in [3.05, 3.63) is 22.8 Å². The molecule has 0 unspecified atom stereocenters. The number of aromatic nitrogens is 4. The number of aliphatic hydroxyl groups is 1. The molecule has 2 aromatic heterocycles. The van der Waals surface area contributed by atoms with Gasteiger partial charge in [-0.3, -0.25) is 0 Å². The predicted octanol–water partition coefficient (Wildman–Crippen LogP) is -0.726. The summed E-state index contributed by atoms with van der Waals surface area (Å²) in [6.07, 6.45) is 0.449. The van der Waals surface area contributed by atoms with Crippen LogP contribution < -0.4 is 4.72 Å². The summed E-state index contributed by atoms with van der Waals surface area (Å²) < 4.78 is 26.4. The molecule has 10 heteroatoms. The lowest BCUT2D eigenvalue weighted by atomic mass is 10.4. The van der Waals surface area contributed by atoms with Crippen LogP contribution in [-0.4, -0.2) is 40.8 Å². The molecule has 98 valence electrons. The molecule has 0 bridgehead atoms. The lowest BCUT2D eigenvalue weighted by molar-refractivity contribution is 0.300. The Labute approximate surface area is 107 Å². The first kappa shape index (κ1) is 13.1. The second-order valence-electron chi connectivity index (χ2n) is 3.35. The van der Waals surface area contributed by atoms with Crippen molar-refractivity contribution < 1.29 is 13.5 Å². The molecule has 0 aromatic carbocycles. The Balaban J connectivity index is 2.05. The third-order valence-corrected chi connectivity index (χ3v) is 5.11. The fraction of sp³-hybridized carbons (Fsp3) is 0.375. The quantitative estimate of drug-likeness (QED) is 0.645. The molecule has 3 N–H and O–H groups in total. The molecule has 0 amide bonds. The Kier molecular flexibility index (Phi) is 4.01. The number of rotatable bonds is 6. The zero-order valence-corrected chi connectivity index (χ0v) is 10.8. The van der Waals surface area contributed by atoms with Gasteiger partial charge in [0.15, 0.2) is 5.82 Å². The van der Waals surface area contributed by atoms with Gasteiger partial charge in [0.25, 0.3) is 0 Å². The van der Waals surface area contributed by atoms with E-state index in [1.54, 1.807) is 6.07 Å². The normalized spacial score (nSPS) is 11.8. The third-order valence-electron chi connectivity index (χ3n) is 2.07. The molecule has 0 radical (unpaired) electrons. The minimum atomic E-state index is -3.57. The van der Waals surface area contributed by atoms with Gasteiger partial charge in [-0.05, 0) is 12.1 Å². The van der Waals surface area contributed by atoms with E-state index in [9.17, 15) is 8.42 Å². The Hall–Kier alpha value is -1.36. The van der Waals surface area contributed by atoms with E-state index in [0.29, 0.717) is 6.42 Å². The maximum atomic E-state index is 11.9. The number of aliphatic hydroxyl groups excluding tert-OH is 1. The van der Waals surface area contributed by atoms with E-state index in [0.717, 1.165) is 16.2 Å². The Morgan fingerprint density at radius 1 is 1.44 bits per heavy atom. The largest absolute Gasteiger partial charge is 0.396 e. The topological polar surface area (TPSA) is 121 Å². The standard InChI is InChI=1S/C8H11N5O3S2/c14-4-3-6-1-2-8(17-6)18(15,16)9-5-7-10-12-13-11-7/h1-2,9,14H,3-5H2,(H,10,11,12,13). The van der Waals surface area contributed by atoms with Gasteiger partial charge in [0.05, 0.1) is 6.54 Å². The molecule has 0 saturated heterocycles. The van der Waals surface area contributed by atoms with Gasteiger partial charge in [-0.25, -0.2) is 13.1 Å². The van der Waals surface area contributed by atoms with Crippen LogP contribution in [0.4, 0.5) is 0 Å². The minimum absolute atomic E-state index is 0.00368. The van der Waals surface area contributed by atoms with Crippen LogP contribution in [0.3, 0.4) is 0 Å². The zero-order chi connectivity index (χ0) is 13.0. The first-order valence-corrected chi connectivity index (χ1v) is 7.33. The molecule has 0 atom stereocenters. The highest BCUT2D eigenvalue weighted by Crippen LogP contribution is 2.21. The van der Waals surface area contributed by atoms with Crippen molar-refractivity contribution in [1.29, 1.82) is 0 Å². The van der Waals surface area contributed by atoms with E-state index in [-0.39, 0.29) is 23.2 Å². The van der Waals surface area contributed by atoms with E-state index in [2.05, 4.69) is 25.3 Å². The van der Waals surface area contributed by atoms with Crippen LogP contribution in [-0.2, 0) is 23.0 Å². The van der Waals surface area contributed by atoms with Crippen molar-refractivity contribution in [3.63, 3.8) is 0 Å². The summed E-state index contributed by atoms with van der Waals surface area (Å²) in [6.45, 7) is -0.0254. The summed E-state index contributed by atoms with van der Waals surface area (Å²) in [4.78, 5) is 0.817. The second-order valence-corrected chi connectivity index (χ2v) is 6.51. The van der Waals surface area contributed by atoms with Gasteiger partial charge >= 0.3 is 0 Å². The number of aromatic amines is 1. The number of tetrazole rings is 1. The molecular weight excluding hydrogens is 278 g/mol. The molecule has 2 rings (SSSR count). The molecule has 0 fully saturated rings. The summed E-state index contributed by atoms with van der Waals surface area (Å²) in [5.41, 5.74) is 0. The summed E-state index contributed by atoms with van der Waals surface area (Å²) in [7, 11) is -3.57. The van der Waals surface area contributed by atoms with Crippen molar-refractivity contribution in [1.82, 2.24) is 25.3 Å². The van der Waals surface area contributed by atoms with E-state index >= 15 is 0 Å². The van der Waals surface area contributed by atoms with Gasteiger partial charge in [-0.15, -0.1) is 21.5 Å². The van der Waals surface area contributed by atoms with E-state index in [4.69, 9.17) is 5.11 Å². The summed E-state index contributed by atoms with van der Waals surface area (Å²) in [6, 6.07) is 3.19. The molecule has 2 heterocycles. The molecular formula is C8H11N5O3S2. The van der Waals surface area contributed by atoms with Crippen LogP contribution in [0.5, 0.6) is 0 Å². The van der Waals surface area contributed by atoms with Gasteiger partial charge in [0, 0.05) is 17.9 Å². The Bertz CT molecular complexity index is 592. The molecule has 0 aliphatic rings. The molecule has 0 aliphatic carbocycles. The van der Waals surface area contributed by atoms with Crippen LogP contribution in [0.15, 0.2) is 16.3 Å². The number of sulfonamides is 1. The van der Waals surface area contributed by atoms with Crippen molar-refractivity contribution >= 4 is 21.4 Å². The maximum Gasteiger partial charge on any atom is 0.250 e. The van der Waals surface area contributed by atoms with Crippen molar-refractivity contribution in [2.45, 2.75) is 17.2 Å². The zero-order valence-electron chi connectivity index (χ0n) is 9.20. The highest BCUT2D eigenvalue weighted by atomic mass is 32.2. The van der Waals surface area contributed by atoms with E-state index in [1.165, 1.54) is 6.07 Å². The molecule has 18 heavy (non-hydrogen) atoms. The number of hydrogen-bond donors (Lipinski definition) is 3. The Morgan fingerprint density at radius 3 is 2.94 bits per heavy atom. The Morgan fingerprint density at radius 2 is 2.28 bits per heavy atom. The molecule has 8 nitrogen and oxygen atoms in total. The van der Waals surface area contributed by atoms with E-state index < -0.39 is 10.0 Å². The van der Waals surface area contributed by atoms with Crippen LogP contribution in [0.2, 0.25) is 0 Å². The molecule has 0 spiro atoms. The van der Waals surface area contributed by atoms with E-state index in [1.807, 2.05) is 0 Å². The van der Waals surface area contributed by atoms with Gasteiger partial charge in [-0.1, -0.05) is 5.21 Å². The van der Waals surface area contributed by atoms with Crippen LogP contribution in [0.25, 0.3) is 0 Å². The molecule has 0 aliphatic heterocycles. The fourth-order valence-electron chi connectivity index (χ4n) is 1.24. The molecule has 0 saturated carbocycles. The monoisotopic (exact) mass is 289 g/mol. The summed E-state index contributed by atoms with van der Waals surface area (Å²) in [5.74, 6) is 0.269. The van der Waals surface area contributed by atoms with Crippen LogP contribution in [0.1, 0.15) is 10.7 Å². The smallest absolute Gasteiger partial charge is 0.250 e. The minimum Gasteiger partial charge on any atom is -0.396 e. The van der Waals surface area contributed by atoms with Crippen molar-refractivity contribution in [2.75, 3.05) is 6.61 Å². The lowest BCUT2D eigenvalue weighted by Gasteiger charge is -2.01. The molecule has 2 aromatic rings. The lowest BCUT2D eigenvalue weighted by Crippen LogP contribution is -2.23. The number of hydrogen-bond acceptors (Lipinski definition) is 7. The first-order valence-electron chi connectivity index (χ1n) is 5.03. The number of nitrogens with zero attached hydrogens (tertiary/aromatic N) is 3. The average Bonchev–Trinajstić information content (AvgIpc) is 2.98. The number of H-pyrrole nitrogens is 1. The van der Waals surface area contributed by atoms with Gasteiger partial charge in [-0.2, -0.15) is 5.21 Å². The maximum absolute atomic E-state index is 11.9. The average molecular weight is 289 g/mol. The first-order chi connectivity index (χ1) is 8.62. The summed E-state index contributed by atoms with van der Waals surface area (Å²) in [5, 5.41) is 21.6. The third kappa shape index (κ3) is 3.10. The predicted molar refractivity (Wildman–Crippen MR) is 63.3 cm³/mol. The van der Waals surface area contributed by atoms with Gasteiger partial charge < -0.3 is 5.11 Å².